The molecule has 0 aliphatic carbocycles. The summed E-state index contributed by atoms with van der Waals surface area (Å²) in [5.74, 6) is -0.104. The highest BCUT2D eigenvalue weighted by molar-refractivity contribution is 5.30. The summed E-state index contributed by atoms with van der Waals surface area (Å²) >= 11 is 0. The van der Waals surface area contributed by atoms with Crippen molar-refractivity contribution in [2.75, 3.05) is 0 Å². The summed E-state index contributed by atoms with van der Waals surface area (Å²) in [6.07, 6.45) is 3.71. The van der Waals surface area contributed by atoms with E-state index in [1.54, 1.807) is 13.8 Å². The molecule has 0 saturated carbocycles. The monoisotopic (exact) mass is 261 g/mol. The maximum absolute atomic E-state index is 13.5. The Morgan fingerprint density at radius 3 is 2.53 bits per heavy atom. The number of imidazole rings is 1. The predicted molar refractivity (Wildman–Crippen MR) is 74.3 cm³/mol. The van der Waals surface area contributed by atoms with E-state index in [2.05, 4.69) is 21.8 Å². The number of aryl methyl sites for hydroxylation is 3. The van der Waals surface area contributed by atoms with Crippen molar-refractivity contribution in [3.05, 3.63) is 52.9 Å². The predicted octanol–water partition coefficient (Wildman–Crippen LogP) is 2.95. The molecule has 0 saturated heterocycles. The Morgan fingerprint density at radius 1 is 1.21 bits per heavy atom. The average Bonchev–Trinajstić information content (AvgIpc) is 2.83. The number of benzene rings is 1. The zero-order valence-electron chi connectivity index (χ0n) is 11.7. The second-order valence-corrected chi connectivity index (χ2v) is 4.82. The molecule has 102 valence electrons. The molecule has 4 heteroatoms. The molecule has 0 bridgehead atoms. The molecule has 3 nitrogen and oxygen atoms in total. The van der Waals surface area contributed by atoms with Gasteiger partial charge in [-0.2, -0.15) is 0 Å². The molecule has 19 heavy (non-hydrogen) atoms. The summed E-state index contributed by atoms with van der Waals surface area (Å²) in [5.41, 5.74) is 3.68. The van der Waals surface area contributed by atoms with Crippen LogP contribution in [0.4, 0.5) is 4.39 Å². The van der Waals surface area contributed by atoms with E-state index in [1.165, 1.54) is 0 Å². The molecular formula is C15H20FN3. The fourth-order valence-electron chi connectivity index (χ4n) is 2.25. The van der Waals surface area contributed by atoms with E-state index in [0.29, 0.717) is 11.1 Å². The first kappa shape index (κ1) is 13.7. The van der Waals surface area contributed by atoms with Crippen LogP contribution >= 0.6 is 0 Å². The number of hydrogen-bond donors (Lipinski definition) is 1. The minimum Gasteiger partial charge on any atom is -0.334 e. The van der Waals surface area contributed by atoms with Crippen molar-refractivity contribution in [3.8, 4) is 0 Å². The van der Waals surface area contributed by atoms with E-state index in [0.717, 1.165) is 30.9 Å². The van der Waals surface area contributed by atoms with E-state index in [1.807, 2.05) is 24.7 Å². The van der Waals surface area contributed by atoms with E-state index in [9.17, 15) is 4.39 Å². The molecule has 1 aromatic heterocycles. The Balaban J connectivity index is 1.96. The van der Waals surface area contributed by atoms with E-state index < -0.39 is 0 Å². The van der Waals surface area contributed by atoms with Gasteiger partial charge < -0.3 is 9.88 Å². The van der Waals surface area contributed by atoms with Gasteiger partial charge in [-0.3, -0.25) is 0 Å². The summed E-state index contributed by atoms with van der Waals surface area (Å²) < 4.78 is 15.6. The zero-order chi connectivity index (χ0) is 13.8. The lowest BCUT2D eigenvalue weighted by Gasteiger charge is -2.09. The van der Waals surface area contributed by atoms with Gasteiger partial charge in [0, 0.05) is 25.8 Å². The van der Waals surface area contributed by atoms with E-state index in [-0.39, 0.29) is 5.82 Å². The molecule has 0 spiro atoms. The van der Waals surface area contributed by atoms with Gasteiger partial charge in [-0.25, -0.2) is 9.37 Å². The van der Waals surface area contributed by atoms with Crippen molar-refractivity contribution >= 4 is 0 Å². The van der Waals surface area contributed by atoms with Gasteiger partial charge in [-0.05, 0) is 37.5 Å². The van der Waals surface area contributed by atoms with Crippen molar-refractivity contribution in [1.82, 2.24) is 14.9 Å². The number of hydrogen-bond acceptors (Lipinski definition) is 2. The fourth-order valence-corrected chi connectivity index (χ4v) is 2.25. The number of rotatable bonds is 5. The topological polar surface area (TPSA) is 29.9 Å². The molecule has 0 aliphatic heterocycles. The van der Waals surface area contributed by atoms with Crippen molar-refractivity contribution in [1.29, 1.82) is 0 Å². The smallest absolute Gasteiger partial charge is 0.129 e. The molecular weight excluding hydrogens is 241 g/mol. The molecule has 0 unspecified atom stereocenters. The second-order valence-electron chi connectivity index (χ2n) is 4.82. The van der Waals surface area contributed by atoms with Crippen LogP contribution < -0.4 is 5.32 Å². The van der Waals surface area contributed by atoms with Gasteiger partial charge in [0.1, 0.15) is 5.82 Å². The zero-order valence-corrected chi connectivity index (χ0v) is 11.7. The van der Waals surface area contributed by atoms with Crippen LogP contribution in [0.3, 0.4) is 0 Å². The van der Waals surface area contributed by atoms with Gasteiger partial charge in [0.05, 0.1) is 12.0 Å². The lowest BCUT2D eigenvalue weighted by Crippen LogP contribution is -2.15. The van der Waals surface area contributed by atoms with Crippen LogP contribution in [0.15, 0.2) is 24.7 Å². The Bertz CT molecular complexity index is 537. The summed E-state index contributed by atoms with van der Waals surface area (Å²) in [5, 5.41) is 3.37. The second kappa shape index (κ2) is 5.97. The number of nitrogens with zero attached hydrogens (tertiary/aromatic N) is 2. The molecule has 0 atom stereocenters. The maximum atomic E-state index is 13.5. The van der Waals surface area contributed by atoms with Gasteiger partial charge in [-0.15, -0.1) is 0 Å². The van der Waals surface area contributed by atoms with Gasteiger partial charge in [-0.1, -0.05) is 12.1 Å². The minimum atomic E-state index is -0.104. The first-order valence-electron chi connectivity index (χ1n) is 6.57. The third-order valence-corrected chi connectivity index (χ3v) is 3.27. The quantitative estimate of drug-likeness (QED) is 0.896. The van der Waals surface area contributed by atoms with Gasteiger partial charge in [0.25, 0.3) is 0 Å². The van der Waals surface area contributed by atoms with Crippen molar-refractivity contribution in [2.45, 2.75) is 40.4 Å². The van der Waals surface area contributed by atoms with Crippen LogP contribution in [-0.4, -0.2) is 9.55 Å². The highest BCUT2D eigenvalue weighted by Crippen LogP contribution is 2.14. The SMILES string of the molecule is CCn1cncc1CNCc1cc(C)c(F)c(C)c1. The molecule has 0 fully saturated rings. The van der Waals surface area contributed by atoms with Crippen LogP contribution in [0.2, 0.25) is 0 Å². The van der Waals surface area contributed by atoms with Crippen molar-refractivity contribution < 1.29 is 4.39 Å². The Kier molecular flexibility index (Phi) is 4.32. The average molecular weight is 261 g/mol. The Hall–Kier alpha value is -1.68. The highest BCUT2D eigenvalue weighted by Gasteiger charge is 2.05. The lowest BCUT2D eigenvalue weighted by molar-refractivity contribution is 0.603. The van der Waals surface area contributed by atoms with E-state index >= 15 is 0 Å². The van der Waals surface area contributed by atoms with Crippen LogP contribution in [0, 0.1) is 19.7 Å². The summed E-state index contributed by atoms with van der Waals surface area (Å²) in [6.45, 7) is 8.12. The van der Waals surface area contributed by atoms with E-state index in [4.69, 9.17) is 0 Å². The molecule has 0 amide bonds. The summed E-state index contributed by atoms with van der Waals surface area (Å²) in [4.78, 5) is 4.13. The maximum Gasteiger partial charge on any atom is 0.129 e. The van der Waals surface area contributed by atoms with Crippen molar-refractivity contribution in [3.63, 3.8) is 0 Å². The van der Waals surface area contributed by atoms with Crippen LogP contribution in [0.1, 0.15) is 29.3 Å². The molecule has 0 aliphatic rings. The fraction of sp³-hybridized carbons (Fsp3) is 0.400. The summed E-state index contributed by atoms with van der Waals surface area (Å²) in [7, 11) is 0. The Labute approximate surface area is 113 Å². The lowest BCUT2D eigenvalue weighted by atomic mass is 10.1. The molecule has 0 radical (unpaired) electrons. The largest absolute Gasteiger partial charge is 0.334 e. The number of aromatic nitrogens is 2. The van der Waals surface area contributed by atoms with Crippen molar-refractivity contribution in [2.24, 2.45) is 0 Å². The number of nitrogens with one attached hydrogen (secondary N) is 1. The molecule has 2 aromatic rings. The normalized spacial score (nSPS) is 10.9. The van der Waals surface area contributed by atoms with Gasteiger partial charge in [0.15, 0.2) is 0 Å². The number of halogens is 1. The molecule has 2 rings (SSSR count). The standard InChI is InChI=1S/C15H20FN3/c1-4-19-10-18-9-14(19)8-17-7-13-5-11(2)15(16)12(3)6-13/h5-6,9-10,17H,4,7-8H2,1-3H3. The van der Waals surface area contributed by atoms with Gasteiger partial charge >= 0.3 is 0 Å². The van der Waals surface area contributed by atoms with Crippen LogP contribution in [0.25, 0.3) is 0 Å². The highest BCUT2D eigenvalue weighted by atomic mass is 19.1. The first-order chi connectivity index (χ1) is 9.11. The molecule has 1 heterocycles. The third-order valence-electron chi connectivity index (χ3n) is 3.27. The van der Waals surface area contributed by atoms with Gasteiger partial charge in [0.2, 0.25) is 0 Å². The molecule has 1 aromatic carbocycles. The minimum absolute atomic E-state index is 0.104. The summed E-state index contributed by atoms with van der Waals surface area (Å²) in [6, 6.07) is 3.79. The van der Waals surface area contributed by atoms with Crippen LogP contribution in [0.5, 0.6) is 0 Å². The Morgan fingerprint density at radius 2 is 1.89 bits per heavy atom. The third kappa shape index (κ3) is 3.20. The van der Waals surface area contributed by atoms with Crippen LogP contribution in [-0.2, 0) is 19.6 Å². The first-order valence-corrected chi connectivity index (χ1v) is 6.57. The molecule has 1 N–H and O–H groups in total.